The first-order chi connectivity index (χ1) is 14.8. The van der Waals surface area contributed by atoms with E-state index in [-0.39, 0.29) is 23.5 Å². The van der Waals surface area contributed by atoms with Gasteiger partial charge in [-0.2, -0.15) is 0 Å². The Hall–Kier alpha value is -2.38. The molecule has 7 heteroatoms. The second kappa shape index (κ2) is 9.01. The van der Waals surface area contributed by atoms with Crippen LogP contribution in [0.25, 0.3) is 0 Å². The zero-order valence-electron chi connectivity index (χ0n) is 18.0. The Bertz CT molecular complexity index is 1020. The van der Waals surface area contributed by atoms with E-state index in [1.807, 2.05) is 38.1 Å². The highest BCUT2D eigenvalue weighted by Gasteiger charge is 2.42. The average Bonchev–Trinajstić information content (AvgIpc) is 3.37. The van der Waals surface area contributed by atoms with Crippen molar-refractivity contribution < 1.29 is 17.9 Å². The lowest BCUT2D eigenvalue weighted by atomic mass is 9.84. The topological polar surface area (TPSA) is 84.5 Å². The number of fused-ring (bicyclic) bond motifs is 2. The van der Waals surface area contributed by atoms with Crippen molar-refractivity contribution in [2.45, 2.75) is 50.5 Å². The molecule has 2 aliphatic rings. The van der Waals surface area contributed by atoms with Crippen molar-refractivity contribution >= 4 is 21.6 Å². The maximum Gasteiger partial charge on any atom is 0.262 e. The van der Waals surface area contributed by atoms with E-state index in [0.29, 0.717) is 23.3 Å². The van der Waals surface area contributed by atoms with Gasteiger partial charge in [-0.05, 0) is 87.3 Å². The highest BCUT2D eigenvalue weighted by molar-refractivity contribution is 7.89. The molecular weight excluding hydrogens is 412 g/mol. The van der Waals surface area contributed by atoms with Gasteiger partial charge in [0.1, 0.15) is 5.75 Å². The van der Waals surface area contributed by atoms with Crippen LogP contribution >= 0.6 is 0 Å². The first-order valence-corrected chi connectivity index (χ1v) is 12.4. The van der Waals surface area contributed by atoms with Gasteiger partial charge in [-0.15, -0.1) is 0 Å². The first kappa shape index (κ1) is 21.8. The molecule has 0 aliphatic heterocycles. The molecule has 4 rings (SSSR count). The molecule has 4 unspecified atom stereocenters. The zero-order valence-corrected chi connectivity index (χ0v) is 18.8. The number of anilines is 1. The van der Waals surface area contributed by atoms with Crippen LogP contribution in [-0.4, -0.2) is 27.0 Å². The van der Waals surface area contributed by atoms with Crippen molar-refractivity contribution in [3.05, 3.63) is 54.1 Å². The molecule has 2 saturated carbocycles. The second-order valence-electron chi connectivity index (χ2n) is 8.92. The summed E-state index contributed by atoms with van der Waals surface area (Å²) in [4.78, 5) is 12.3. The normalized spacial score (nSPS) is 23.5. The van der Waals surface area contributed by atoms with Crippen LogP contribution in [0.1, 0.15) is 38.2 Å². The molecule has 166 valence electrons. The zero-order chi connectivity index (χ0) is 22.0. The summed E-state index contributed by atoms with van der Waals surface area (Å²) in [7, 11) is -3.60. The van der Waals surface area contributed by atoms with Crippen LogP contribution in [0, 0.1) is 24.7 Å². The number of ether oxygens (including phenoxy) is 1. The van der Waals surface area contributed by atoms with Gasteiger partial charge in [0.25, 0.3) is 5.91 Å². The number of nitrogens with one attached hydrogen (secondary N) is 2. The van der Waals surface area contributed by atoms with Gasteiger partial charge in [0.2, 0.25) is 10.0 Å². The lowest BCUT2D eigenvalue weighted by Crippen LogP contribution is -2.40. The van der Waals surface area contributed by atoms with E-state index < -0.39 is 10.0 Å². The largest absolute Gasteiger partial charge is 0.484 e. The third-order valence-electron chi connectivity index (χ3n) is 6.62. The van der Waals surface area contributed by atoms with Crippen LogP contribution in [0.4, 0.5) is 5.69 Å². The van der Waals surface area contributed by atoms with E-state index >= 15 is 0 Å². The van der Waals surface area contributed by atoms with Crippen molar-refractivity contribution in [3.63, 3.8) is 0 Å². The molecule has 0 heterocycles. The lowest BCUT2D eigenvalue weighted by molar-refractivity contribution is -0.118. The van der Waals surface area contributed by atoms with Crippen molar-refractivity contribution in [1.82, 2.24) is 4.72 Å². The molecule has 2 aromatic rings. The molecule has 0 saturated heterocycles. The maximum atomic E-state index is 12.8. The number of carbonyl (C=O) groups is 1. The minimum Gasteiger partial charge on any atom is -0.484 e. The van der Waals surface area contributed by atoms with Gasteiger partial charge in [0.05, 0.1) is 4.90 Å². The van der Waals surface area contributed by atoms with Crippen LogP contribution in [0.15, 0.2) is 53.4 Å². The van der Waals surface area contributed by atoms with E-state index in [1.165, 1.54) is 31.4 Å². The van der Waals surface area contributed by atoms with Crippen molar-refractivity contribution in [3.8, 4) is 5.75 Å². The fourth-order valence-electron chi connectivity index (χ4n) is 5.00. The number of rotatable bonds is 8. The SMILES string of the molecule is Cc1ccc(OCC(=O)Nc2ccc(S(=O)(=O)NC(C)C3CC4CCC3C4)cc2)cc1. The maximum absolute atomic E-state index is 12.8. The average molecular weight is 443 g/mol. The fraction of sp³-hybridized carbons (Fsp3) is 0.458. The number of amides is 1. The van der Waals surface area contributed by atoms with Gasteiger partial charge in [0, 0.05) is 11.7 Å². The third kappa shape index (κ3) is 5.28. The van der Waals surface area contributed by atoms with Gasteiger partial charge < -0.3 is 10.1 Å². The standard InChI is InChI=1S/C24H30N2O4S/c1-16-3-9-21(10-4-16)30-15-24(27)25-20-7-11-22(12-8-20)31(28,29)26-17(2)23-14-18-5-6-19(23)13-18/h3-4,7-12,17-19,23,26H,5-6,13-15H2,1-2H3,(H,25,27). The van der Waals surface area contributed by atoms with Crippen molar-refractivity contribution in [1.29, 1.82) is 0 Å². The number of carbonyl (C=O) groups excluding carboxylic acids is 1. The van der Waals surface area contributed by atoms with Crippen LogP contribution in [0.3, 0.4) is 0 Å². The Morgan fingerprint density at radius 3 is 2.39 bits per heavy atom. The molecule has 2 aromatic carbocycles. The minimum atomic E-state index is -3.60. The van der Waals surface area contributed by atoms with Gasteiger partial charge in [-0.1, -0.05) is 24.1 Å². The molecule has 2 bridgehead atoms. The van der Waals surface area contributed by atoms with Crippen molar-refractivity contribution in [2.75, 3.05) is 11.9 Å². The van der Waals surface area contributed by atoms with Gasteiger partial charge in [0.15, 0.2) is 6.61 Å². The fourth-order valence-corrected chi connectivity index (χ4v) is 6.30. The molecule has 0 spiro atoms. The Morgan fingerprint density at radius 1 is 1.06 bits per heavy atom. The number of sulfonamides is 1. The summed E-state index contributed by atoms with van der Waals surface area (Å²) in [5.41, 5.74) is 1.64. The predicted octanol–water partition coefficient (Wildman–Crippen LogP) is 4.12. The predicted molar refractivity (Wildman–Crippen MR) is 120 cm³/mol. The van der Waals surface area contributed by atoms with Gasteiger partial charge in [-0.3, -0.25) is 4.79 Å². The Labute approximate surface area is 184 Å². The lowest BCUT2D eigenvalue weighted by Gasteiger charge is -2.28. The summed E-state index contributed by atoms with van der Waals surface area (Å²) in [6, 6.07) is 13.6. The van der Waals surface area contributed by atoms with Crippen molar-refractivity contribution in [2.24, 2.45) is 17.8 Å². The summed E-state index contributed by atoms with van der Waals surface area (Å²) < 4.78 is 33.9. The van der Waals surface area contributed by atoms with E-state index in [4.69, 9.17) is 4.74 Å². The van der Waals surface area contributed by atoms with Crippen LogP contribution in [-0.2, 0) is 14.8 Å². The molecule has 0 radical (unpaired) electrons. The highest BCUT2D eigenvalue weighted by atomic mass is 32.2. The van der Waals surface area contributed by atoms with Gasteiger partial charge >= 0.3 is 0 Å². The van der Waals surface area contributed by atoms with E-state index in [9.17, 15) is 13.2 Å². The van der Waals surface area contributed by atoms with Gasteiger partial charge in [-0.25, -0.2) is 13.1 Å². The smallest absolute Gasteiger partial charge is 0.262 e. The Balaban J connectivity index is 1.30. The number of aryl methyl sites for hydroxylation is 1. The molecule has 6 nitrogen and oxygen atoms in total. The third-order valence-corrected chi connectivity index (χ3v) is 8.19. The number of hydrogen-bond acceptors (Lipinski definition) is 4. The first-order valence-electron chi connectivity index (χ1n) is 10.9. The quantitative estimate of drug-likeness (QED) is 0.644. The minimum absolute atomic E-state index is 0.0707. The molecule has 4 atom stereocenters. The number of hydrogen-bond donors (Lipinski definition) is 2. The second-order valence-corrected chi connectivity index (χ2v) is 10.6. The molecule has 2 fully saturated rings. The van der Waals surface area contributed by atoms with Crippen LogP contribution in [0.5, 0.6) is 5.75 Å². The van der Waals surface area contributed by atoms with Crippen LogP contribution < -0.4 is 14.8 Å². The molecule has 1 amide bonds. The molecule has 2 N–H and O–H groups in total. The van der Waals surface area contributed by atoms with E-state index in [1.54, 1.807) is 12.1 Å². The molecule has 2 aliphatic carbocycles. The van der Waals surface area contributed by atoms with Crippen LogP contribution in [0.2, 0.25) is 0 Å². The Morgan fingerprint density at radius 2 is 1.77 bits per heavy atom. The number of benzene rings is 2. The summed E-state index contributed by atoms with van der Waals surface area (Å²) in [5.74, 6) is 2.18. The summed E-state index contributed by atoms with van der Waals surface area (Å²) >= 11 is 0. The monoisotopic (exact) mass is 442 g/mol. The summed E-state index contributed by atoms with van der Waals surface area (Å²) in [6.07, 6.45) is 4.90. The summed E-state index contributed by atoms with van der Waals surface area (Å²) in [5, 5.41) is 2.73. The van der Waals surface area contributed by atoms with E-state index in [2.05, 4.69) is 10.0 Å². The summed E-state index contributed by atoms with van der Waals surface area (Å²) in [6.45, 7) is 3.84. The molecular formula is C24H30N2O4S. The highest BCUT2D eigenvalue weighted by Crippen LogP contribution is 2.49. The Kier molecular flexibility index (Phi) is 6.34. The molecule has 0 aromatic heterocycles. The molecule has 31 heavy (non-hydrogen) atoms. The van der Waals surface area contributed by atoms with E-state index in [0.717, 1.165) is 17.9 Å².